The Kier molecular flexibility index (Phi) is 3.90. The Balaban J connectivity index is 2.04. The lowest BCUT2D eigenvalue weighted by Gasteiger charge is -2.13. The standard InChI is InChI=1S/C15H21NO2/c1-10-7-13(16)8-14(11(10)2)15(17)18-9-12-5-3-4-6-12/h7-8,12H,3-6,9,16H2,1-2H3. The molecule has 98 valence electrons. The lowest BCUT2D eigenvalue weighted by atomic mass is 10.0. The van der Waals surface area contributed by atoms with E-state index in [1.165, 1.54) is 25.7 Å². The molecule has 1 fully saturated rings. The summed E-state index contributed by atoms with van der Waals surface area (Å²) in [6.07, 6.45) is 4.89. The summed E-state index contributed by atoms with van der Waals surface area (Å²) in [5, 5.41) is 0. The third-order valence-corrected chi connectivity index (χ3v) is 3.83. The SMILES string of the molecule is Cc1cc(N)cc(C(=O)OCC2CCCC2)c1C. The number of esters is 1. The normalized spacial score (nSPS) is 15.9. The molecule has 2 N–H and O–H groups in total. The molecule has 0 saturated heterocycles. The maximum absolute atomic E-state index is 12.0. The molecule has 0 heterocycles. The monoisotopic (exact) mass is 247 g/mol. The highest BCUT2D eigenvalue weighted by Gasteiger charge is 2.19. The first-order valence-corrected chi connectivity index (χ1v) is 6.62. The van der Waals surface area contributed by atoms with Crippen molar-refractivity contribution in [3.63, 3.8) is 0 Å². The third-order valence-electron chi connectivity index (χ3n) is 3.83. The van der Waals surface area contributed by atoms with Gasteiger partial charge in [-0.15, -0.1) is 0 Å². The second-order valence-corrected chi connectivity index (χ2v) is 5.26. The minimum atomic E-state index is -0.241. The Labute approximate surface area is 108 Å². The van der Waals surface area contributed by atoms with Crippen molar-refractivity contribution in [1.29, 1.82) is 0 Å². The predicted octanol–water partition coefficient (Wildman–Crippen LogP) is 3.23. The van der Waals surface area contributed by atoms with Gasteiger partial charge in [0.1, 0.15) is 0 Å². The van der Waals surface area contributed by atoms with Gasteiger partial charge >= 0.3 is 5.97 Å². The molecule has 0 amide bonds. The van der Waals surface area contributed by atoms with Crippen LogP contribution in [0, 0.1) is 19.8 Å². The van der Waals surface area contributed by atoms with E-state index in [2.05, 4.69) is 0 Å². The topological polar surface area (TPSA) is 52.3 Å². The summed E-state index contributed by atoms with van der Waals surface area (Å²) in [7, 11) is 0. The highest BCUT2D eigenvalue weighted by atomic mass is 16.5. The van der Waals surface area contributed by atoms with Gasteiger partial charge in [0.05, 0.1) is 12.2 Å². The van der Waals surface area contributed by atoms with Crippen LogP contribution in [0.1, 0.15) is 47.2 Å². The van der Waals surface area contributed by atoms with Crippen LogP contribution in [0.15, 0.2) is 12.1 Å². The number of anilines is 1. The molecule has 1 aliphatic carbocycles. The minimum Gasteiger partial charge on any atom is -0.462 e. The van der Waals surface area contributed by atoms with Gasteiger partial charge in [0.15, 0.2) is 0 Å². The molecule has 1 aromatic carbocycles. The molecule has 0 aliphatic heterocycles. The van der Waals surface area contributed by atoms with Gasteiger partial charge in [-0.2, -0.15) is 0 Å². The van der Waals surface area contributed by atoms with Crippen LogP contribution in [0.3, 0.4) is 0 Å². The summed E-state index contributed by atoms with van der Waals surface area (Å²) in [6, 6.07) is 3.59. The number of aryl methyl sites for hydroxylation is 1. The molecule has 1 aliphatic rings. The molecule has 0 bridgehead atoms. The summed E-state index contributed by atoms with van der Waals surface area (Å²) in [5.74, 6) is 0.311. The second kappa shape index (κ2) is 5.42. The quantitative estimate of drug-likeness (QED) is 0.659. The molecule has 0 atom stereocenters. The Morgan fingerprint density at radius 3 is 2.67 bits per heavy atom. The van der Waals surface area contributed by atoms with E-state index in [9.17, 15) is 4.79 Å². The van der Waals surface area contributed by atoms with Crippen LogP contribution < -0.4 is 5.73 Å². The summed E-state index contributed by atoms with van der Waals surface area (Å²) in [6.45, 7) is 4.44. The van der Waals surface area contributed by atoms with Crippen LogP contribution in [-0.4, -0.2) is 12.6 Å². The van der Waals surface area contributed by atoms with Crippen LogP contribution in [-0.2, 0) is 4.74 Å². The maximum Gasteiger partial charge on any atom is 0.338 e. The zero-order chi connectivity index (χ0) is 13.1. The molecule has 1 aromatic rings. The van der Waals surface area contributed by atoms with Crippen molar-refractivity contribution in [2.45, 2.75) is 39.5 Å². The third kappa shape index (κ3) is 2.84. The van der Waals surface area contributed by atoms with Crippen molar-refractivity contribution in [2.24, 2.45) is 5.92 Å². The molecule has 1 saturated carbocycles. The van der Waals surface area contributed by atoms with Gasteiger partial charge in [0.25, 0.3) is 0 Å². The average molecular weight is 247 g/mol. The van der Waals surface area contributed by atoms with Crippen molar-refractivity contribution in [3.8, 4) is 0 Å². The molecule has 0 unspecified atom stereocenters. The minimum absolute atomic E-state index is 0.241. The maximum atomic E-state index is 12.0. The number of hydrogen-bond acceptors (Lipinski definition) is 3. The number of nitrogens with two attached hydrogens (primary N) is 1. The summed E-state index contributed by atoms with van der Waals surface area (Å²) in [4.78, 5) is 12.0. The van der Waals surface area contributed by atoms with Crippen molar-refractivity contribution >= 4 is 11.7 Å². The van der Waals surface area contributed by atoms with E-state index in [1.54, 1.807) is 6.07 Å². The Bertz CT molecular complexity index is 448. The van der Waals surface area contributed by atoms with Gasteiger partial charge in [0, 0.05) is 5.69 Å². The van der Waals surface area contributed by atoms with Crippen molar-refractivity contribution in [2.75, 3.05) is 12.3 Å². The van der Waals surface area contributed by atoms with Gasteiger partial charge in [-0.05, 0) is 55.9 Å². The molecule has 0 spiro atoms. The Morgan fingerprint density at radius 2 is 2.00 bits per heavy atom. The van der Waals surface area contributed by atoms with Crippen molar-refractivity contribution in [3.05, 3.63) is 28.8 Å². The lowest BCUT2D eigenvalue weighted by Crippen LogP contribution is -2.14. The molecule has 3 heteroatoms. The molecule has 3 nitrogen and oxygen atoms in total. The van der Waals surface area contributed by atoms with Gasteiger partial charge in [-0.3, -0.25) is 0 Å². The Morgan fingerprint density at radius 1 is 1.33 bits per heavy atom. The van der Waals surface area contributed by atoms with E-state index < -0.39 is 0 Å². The van der Waals surface area contributed by atoms with Gasteiger partial charge in [-0.25, -0.2) is 4.79 Å². The van der Waals surface area contributed by atoms with E-state index in [-0.39, 0.29) is 5.97 Å². The molecule has 0 aromatic heterocycles. The van der Waals surface area contributed by atoms with E-state index in [0.29, 0.717) is 23.8 Å². The molecule has 2 rings (SSSR count). The highest BCUT2D eigenvalue weighted by molar-refractivity contribution is 5.92. The number of benzene rings is 1. The fraction of sp³-hybridized carbons (Fsp3) is 0.533. The molecular formula is C15H21NO2. The largest absolute Gasteiger partial charge is 0.462 e. The second-order valence-electron chi connectivity index (χ2n) is 5.26. The molecule has 18 heavy (non-hydrogen) atoms. The van der Waals surface area contributed by atoms with Crippen LogP contribution in [0.5, 0.6) is 0 Å². The number of hydrogen-bond donors (Lipinski definition) is 1. The zero-order valence-electron chi connectivity index (χ0n) is 11.2. The van der Waals surface area contributed by atoms with E-state index in [1.807, 2.05) is 19.9 Å². The van der Waals surface area contributed by atoms with Crippen LogP contribution >= 0.6 is 0 Å². The number of nitrogen functional groups attached to an aromatic ring is 1. The summed E-state index contributed by atoms with van der Waals surface area (Å²) >= 11 is 0. The first-order valence-electron chi connectivity index (χ1n) is 6.62. The van der Waals surface area contributed by atoms with Gasteiger partial charge < -0.3 is 10.5 Å². The highest BCUT2D eigenvalue weighted by Crippen LogP contribution is 2.25. The number of carbonyl (C=O) groups excluding carboxylic acids is 1. The Hall–Kier alpha value is -1.51. The van der Waals surface area contributed by atoms with Gasteiger partial charge in [-0.1, -0.05) is 12.8 Å². The number of carbonyl (C=O) groups is 1. The molecule has 0 radical (unpaired) electrons. The summed E-state index contributed by atoms with van der Waals surface area (Å²) < 4.78 is 5.41. The molecular weight excluding hydrogens is 226 g/mol. The van der Waals surface area contributed by atoms with Gasteiger partial charge in [0.2, 0.25) is 0 Å². The van der Waals surface area contributed by atoms with E-state index in [4.69, 9.17) is 10.5 Å². The average Bonchev–Trinajstić information content (AvgIpc) is 2.83. The van der Waals surface area contributed by atoms with Crippen molar-refractivity contribution < 1.29 is 9.53 Å². The first kappa shape index (κ1) is 12.9. The fourth-order valence-corrected chi connectivity index (χ4v) is 2.55. The zero-order valence-corrected chi connectivity index (χ0v) is 11.2. The van der Waals surface area contributed by atoms with Crippen LogP contribution in [0.2, 0.25) is 0 Å². The van der Waals surface area contributed by atoms with Crippen LogP contribution in [0.25, 0.3) is 0 Å². The number of ether oxygens (including phenoxy) is 1. The van der Waals surface area contributed by atoms with E-state index in [0.717, 1.165) is 11.1 Å². The predicted molar refractivity (Wildman–Crippen MR) is 72.6 cm³/mol. The fourth-order valence-electron chi connectivity index (χ4n) is 2.55. The van der Waals surface area contributed by atoms with Crippen LogP contribution in [0.4, 0.5) is 5.69 Å². The number of rotatable bonds is 3. The van der Waals surface area contributed by atoms with Crippen molar-refractivity contribution in [1.82, 2.24) is 0 Å². The first-order chi connectivity index (χ1) is 8.58. The smallest absolute Gasteiger partial charge is 0.338 e. The lowest BCUT2D eigenvalue weighted by molar-refractivity contribution is 0.0441. The summed E-state index contributed by atoms with van der Waals surface area (Å²) in [5.41, 5.74) is 8.98. The van der Waals surface area contributed by atoms with E-state index >= 15 is 0 Å².